The standard InChI is InChI=1S/C23H24N4O4/c1-14(15-5-4-6-17(11-15)31-3)25-20-21(23(29)22(20)28)26-16-7-8-19-18(12-16)24-13-27(19)9-10-30-2/h4-8,11-14,25-26H,9-10H2,1-3H3/t14-/m1/s1. The molecule has 8 nitrogen and oxygen atoms in total. The van der Waals surface area contributed by atoms with E-state index < -0.39 is 10.9 Å². The number of rotatable bonds is 9. The number of fused-ring (bicyclic) bond motifs is 1. The predicted molar refractivity (Wildman–Crippen MR) is 121 cm³/mol. The number of ether oxygens (including phenoxy) is 2. The lowest BCUT2D eigenvalue weighted by Gasteiger charge is -2.20. The quantitative estimate of drug-likeness (QED) is 0.402. The summed E-state index contributed by atoms with van der Waals surface area (Å²) in [6, 6.07) is 13.0. The summed E-state index contributed by atoms with van der Waals surface area (Å²) in [6.07, 6.45) is 1.76. The van der Waals surface area contributed by atoms with Crippen molar-refractivity contribution in [1.29, 1.82) is 0 Å². The number of aromatic nitrogens is 2. The minimum absolute atomic E-state index is 0.182. The number of hydrogen-bond donors (Lipinski definition) is 2. The molecule has 0 fully saturated rings. The molecule has 4 rings (SSSR count). The van der Waals surface area contributed by atoms with Gasteiger partial charge in [-0.2, -0.15) is 0 Å². The van der Waals surface area contributed by atoms with E-state index in [0.29, 0.717) is 18.8 Å². The Morgan fingerprint density at radius 2 is 1.87 bits per heavy atom. The number of hydrogen-bond acceptors (Lipinski definition) is 7. The summed E-state index contributed by atoms with van der Waals surface area (Å²) in [6.45, 7) is 3.22. The predicted octanol–water partition coefficient (Wildman–Crippen LogP) is 3.20. The van der Waals surface area contributed by atoms with Crippen LogP contribution in [0.2, 0.25) is 0 Å². The Morgan fingerprint density at radius 3 is 2.65 bits per heavy atom. The van der Waals surface area contributed by atoms with Crippen LogP contribution in [0.4, 0.5) is 17.1 Å². The van der Waals surface area contributed by atoms with Gasteiger partial charge in [0, 0.05) is 25.4 Å². The summed E-state index contributed by atoms with van der Waals surface area (Å²) in [7, 11) is 3.26. The third-order valence-electron chi connectivity index (χ3n) is 5.29. The van der Waals surface area contributed by atoms with Crippen LogP contribution in [0.1, 0.15) is 18.5 Å². The van der Waals surface area contributed by atoms with Crippen molar-refractivity contribution in [3.05, 3.63) is 74.8 Å². The monoisotopic (exact) mass is 420 g/mol. The first kappa shape index (κ1) is 20.6. The summed E-state index contributed by atoms with van der Waals surface area (Å²) >= 11 is 0. The fourth-order valence-corrected chi connectivity index (χ4v) is 3.51. The summed E-state index contributed by atoms with van der Waals surface area (Å²) in [5.41, 5.74) is 2.88. The van der Waals surface area contributed by atoms with Crippen LogP contribution in [-0.4, -0.2) is 30.4 Å². The molecule has 2 N–H and O–H groups in total. The first-order chi connectivity index (χ1) is 15.0. The van der Waals surface area contributed by atoms with Gasteiger partial charge in [0.05, 0.1) is 31.1 Å². The molecule has 0 unspecified atom stereocenters. The van der Waals surface area contributed by atoms with E-state index in [2.05, 4.69) is 15.6 Å². The lowest BCUT2D eigenvalue weighted by molar-refractivity contribution is 0.188. The third-order valence-corrected chi connectivity index (χ3v) is 5.29. The topological polar surface area (TPSA) is 94.5 Å². The second-order valence-electron chi connectivity index (χ2n) is 7.31. The average molecular weight is 420 g/mol. The van der Waals surface area contributed by atoms with Crippen molar-refractivity contribution in [3.63, 3.8) is 0 Å². The molecular weight excluding hydrogens is 396 g/mol. The van der Waals surface area contributed by atoms with Gasteiger partial charge in [0.1, 0.15) is 17.1 Å². The fraction of sp³-hybridized carbons (Fsp3) is 0.261. The molecule has 1 atom stereocenters. The molecule has 0 aliphatic heterocycles. The van der Waals surface area contributed by atoms with Crippen molar-refractivity contribution in [2.45, 2.75) is 19.5 Å². The Labute approximate surface area is 179 Å². The maximum absolute atomic E-state index is 12.2. The zero-order valence-corrected chi connectivity index (χ0v) is 17.6. The first-order valence-corrected chi connectivity index (χ1v) is 9.96. The van der Waals surface area contributed by atoms with Gasteiger partial charge in [-0.25, -0.2) is 4.98 Å². The third kappa shape index (κ3) is 4.02. The molecule has 31 heavy (non-hydrogen) atoms. The Morgan fingerprint density at radius 1 is 1.06 bits per heavy atom. The van der Waals surface area contributed by atoms with Gasteiger partial charge in [-0.3, -0.25) is 9.59 Å². The van der Waals surface area contributed by atoms with Gasteiger partial charge < -0.3 is 24.7 Å². The molecule has 0 spiro atoms. The molecule has 1 aromatic heterocycles. The number of benzene rings is 2. The molecule has 3 aromatic carbocycles. The van der Waals surface area contributed by atoms with Crippen LogP contribution in [0.15, 0.2) is 58.4 Å². The molecule has 0 amide bonds. The smallest absolute Gasteiger partial charge is 0.253 e. The van der Waals surface area contributed by atoms with Crippen LogP contribution >= 0.6 is 0 Å². The lowest BCUT2D eigenvalue weighted by Crippen LogP contribution is -2.37. The van der Waals surface area contributed by atoms with Crippen LogP contribution in [0, 0.1) is 0 Å². The number of methoxy groups -OCH3 is 2. The van der Waals surface area contributed by atoms with Gasteiger partial charge in [-0.1, -0.05) is 12.1 Å². The van der Waals surface area contributed by atoms with Crippen LogP contribution in [0.3, 0.4) is 0 Å². The summed E-state index contributed by atoms with van der Waals surface area (Å²) in [5.74, 6) is 0.729. The zero-order chi connectivity index (χ0) is 22.0. The molecule has 0 aliphatic carbocycles. The van der Waals surface area contributed by atoms with Crippen molar-refractivity contribution in [3.8, 4) is 5.75 Å². The number of nitrogens with one attached hydrogen (secondary N) is 2. The SMILES string of the molecule is COCCn1cnc2cc(Nc3c(N[C@H](C)c4cccc(OC)c4)c(=O)c3=O)ccc21. The molecule has 8 heteroatoms. The van der Waals surface area contributed by atoms with Crippen molar-refractivity contribution in [2.24, 2.45) is 0 Å². The first-order valence-electron chi connectivity index (χ1n) is 9.96. The van der Waals surface area contributed by atoms with Gasteiger partial charge in [0.25, 0.3) is 10.9 Å². The van der Waals surface area contributed by atoms with Crippen LogP contribution in [0.25, 0.3) is 11.0 Å². The van der Waals surface area contributed by atoms with E-state index in [4.69, 9.17) is 9.47 Å². The summed E-state index contributed by atoms with van der Waals surface area (Å²) < 4.78 is 12.4. The van der Waals surface area contributed by atoms with Crippen molar-refractivity contribution < 1.29 is 9.47 Å². The summed E-state index contributed by atoms with van der Waals surface area (Å²) in [5, 5.41) is 6.24. The van der Waals surface area contributed by atoms with Crippen LogP contribution in [0.5, 0.6) is 5.75 Å². The number of imidazole rings is 1. The van der Waals surface area contributed by atoms with Crippen LogP contribution < -0.4 is 26.2 Å². The number of anilines is 3. The van der Waals surface area contributed by atoms with E-state index in [0.717, 1.165) is 22.3 Å². The fourth-order valence-electron chi connectivity index (χ4n) is 3.51. The van der Waals surface area contributed by atoms with Crippen molar-refractivity contribution >= 4 is 28.1 Å². The van der Waals surface area contributed by atoms with E-state index in [9.17, 15) is 9.59 Å². The zero-order valence-electron chi connectivity index (χ0n) is 17.6. The largest absolute Gasteiger partial charge is 0.497 e. The second-order valence-corrected chi connectivity index (χ2v) is 7.31. The van der Waals surface area contributed by atoms with Crippen LogP contribution in [-0.2, 0) is 11.3 Å². The molecule has 160 valence electrons. The molecule has 0 saturated heterocycles. The summed E-state index contributed by atoms with van der Waals surface area (Å²) in [4.78, 5) is 28.8. The highest BCUT2D eigenvalue weighted by atomic mass is 16.5. The van der Waals surface area contributed by atoms with E-state index in [1.54, 1.807) is 20.5 Å². The highest BCUT2D eigenvalue weighted by Crippen LogP contribution is 2.28. The van der Waals surface area contributed by atoms with E-state index in [-0.39, 0.29) is 17.4 Å². The van der Waals surface area contributed by atoms with E-state index >= 15 is 0 Å². The molecule has 0 saturated carbocycles. The van der Waals surface area contributed by atoms with Gasteiger partial charge in [0.15, 0.2) is 0 Å². The maximum atomic E-state index is 12.2. The van der Waals surface area contributed by atoms with E-state index in [1.807, 2.05) is 54.0 Å². The molecule has 0 bridgehead atoms. The highest BCUT2D eigenvalue weighted by molar-refractivity contribution is 5.84. The van der Waals surface area contributed by atoms with Crippen molar-refractivity contribution in [2.75, 3.05) is 31.5 Å². The molecule has 0 radical (unpaired) electrons. The second kappa shape index (κ2) is 8.61. The van der Waals surface area contributed by atoms with E-state index in [1.165, 1.54) is 0 Å². The van der Waals surface area contributed by atoms with Gasteiger partial charge in [-0.05, 0) is 42.8 Å². The maximum Gasteiger partial charge on any atom is 0.253 e. The number of nitrogens with zero attached hydrogens (tertiary/aromatic N) is 2. The molecule has 4 aromatic rings. The molecular formula is C23H24N4O4. The Kier molecular flexibility index (Phi) is 5.73. The minimum Gasteiger partial charge on any atom is -0.497 e. The normalized spacial score (nSPS) is 12.2. The Balaban J connectivity index is 1.54. The molecule has 0 aliphatic rings. The lowest BCUT2D eigenvalue weighted by atomic mass is 10.1. The minimum atomic E-state index is -0.536. The van der Waals surface area contributed by atoms with Crippen molar-refractivity contribution in [1.82, 2.24) is 9.55 Å². The van der Waals surface area contributed by atoms with Gasteiger partial charge in [-0.15, -0.1) is 0 Å². The average Bonchev–Trinajstić information content (AvgIpc) is 3.21. The van der Waals surface area contributed by atoms with Gasteiger partial charge >= 0.3 is 0 Å². The Bertz CT molecular complexity index is 1290. The molecule has 1 heterocycles. The van der Waals surface area contributed by atoms with Gasteiger partial charge in [0.2, 0.25) is 0 Å². The highest BCUT2D eigenvalue weighted by Gasteiger charge is 2.23. The Hall–Kier alpha value is -3.65.